The molecule has 7 nitrogen and oxygen atoms in total. The second-order valence-corrected chi connectivity index (χ2v) is 7.65. The lowest BCUT2D eigenvalue weighted by molar-refractivity contribution is -0.117. The van der Waals surface area contributed by atoms with Crippen LogP contribution in [0.1, 0.15) is 43.5 Å². The number of nitrogens with one attached hydrogen (secondary N) is 1. The van der Waals surface area contributed by atoms with E-state index in [4.69, 9.17) is 4.74 Å². The minimum absolute atomic E-state index is 0.00227. The molecule has 0 aromatic heterocycles. The first-order valence-electron chi connectivity index (χ1n) is 10.2. The molecule has 1 saturated heterocycles. The number of para-hydroxylation sites is 3. The molecule has 2 aliphatic heterocycles. The molecule has 4 rings (SSSR count). The van der Waals surface area contributed by atoms with Crippen LogP contribution < -0.4 is 15.0 Å². The third-order valence-corrected chi connectivity index (χ3v) is 5.77. The number of carbonyl (C=O) groups is 3. The van der Waals surface area contributed by atoms with Gasteiger partial charge in [-0.25, -0.2) is 0 Å². The number of hydrogen-bond acceptors (Lipinski definition) is 4. The van der Waals surface area contributed by atoms with Crippen molar-refractivity contribution in [3.63, 3.8) is 0 Å². The lowest BCUT2D eigenvalue weighted by Gasteiger charge is -2.48. The third-order valence-electron chi connectivity index (χ3n) is 5.77. The number of hydrogen-bond donors (Lipinski definition) is 1. The Morgan fingerprint density at radius 3 is 2.67 bits per heavy atom. The number of benzene rings is 2. The third kappa shape index (κ3) is 3.30. The Morgan fingerprint density at radius 1 is 1.13 bits per heavy atom. The van der Waals surface area contributed by atoms with Crippen LogP contribution in [0.3, 0.4) is 0 Å². The smallest absolute Gasteiger partial charge is 0.257 e. The van der Waals surface area contributed by atoms with E-state index in [1.807, 2.05) is 38.1 Å². The molecule has 2 aromatic carbocycles. The van der Waals surface area contributed by atoms with Crippen LogP contribution >= 0.6 is 0 Å². The number of ether oxygens (including phenoxy) is 1. The average Bonchev–Trinajstić information content (AvgIpc) is 3.05. The molecule has 0 aliphatic carbocycles. The fourth-order valence-electron chi connectivity index (χ4n) is 4.32. The second kappa shape index (κ2) is 7.82. The van der Waals surface area contributed by atoms with E-state index in [1.54, 1.807) is 34.1 Å². The van der Waals surface area contributed by atoms with E-state index >= 15 is 0 Å². The van der Waals surface area contributed by atoms with Gasteiger partial charge >= 0.3 is 0 Å². The summed E-state index contributed by atoms with van der Waals surface area (Å²) < 4.78 is 5.55. The van der Waals surface area contributed by atoms with Crippen LogP contribution in [0.25, 0.3) is 0 Å². The van der Waals surface area contributed by atoms with Crippen molar-refractivity contribution in [2.75, 3.05) is 23.4 Å². The van der Waals surface area contributed by atoms with Crippen molar-refractivity contribution in [1.29, 1.82) is 0 Å². The quantitative estimate of drug-likeness (QED) is 0.796. The SMILES string of the molecule is CCOc1ccccc1NC(=O)CCN1C(=O)c2ccccc2N2C(=O)CC[C@]12C. The first kappa shape index (κ1) is 19.9. The highest BCUT2D eigenvalue weighted by Gasteiger charge is 2.52. The number of fused-ring (bicyclic) bond motifs is 3. The van der Waals surface area contributed by atoms with Crippen molar-refractivity contribution in [2.45, 2.75) is 38.8 Å². The molecule has 1 N–H and O–H groups in total. The van der Waals surface area contributed by atoms with E-state index in [9.17, 15) is 14.4 Å². The number of carbonyl (C=O) groups excluding carboxylic acids is 3. The molecule has 1 fully saturated rings. The largest absolute Gasteiger partial charge is 0.492 e. The van der Waals surface area contributed by atoms with Crippen LogP contribution in [0.2, 0.25) is 0 Å². The summed E-state index contributed by atoms with van der Waals surface area (Å²) in [6, 6.07) is 14.4. The molecule has 2 heterocycles. The predicted octanol–water partition coefficient (Wildman–Crippen LogP) is 3.41. The molecule has 1 atom stereocenters. The standard InChI is InChI=1S/C23H25N3O4/c1-3-30-19-11-7-5-9-17(19)24-20(27)13-15-25-22(29)16-8-4-6-10-18(16)26-21(28)12-14-23(25,26)2/h4-11H,3,12-15H2,1-2H3,(H,24,27)/t23-/m1/s1. The Morgan fingerprint density at radius 2 is 1.87 bits per heavy atom. The molecule has 0 spiro atoms. The second-order valence-electron chi connectivity index (χ2n) is 7.65. The Balaban J connectivity index is 1.53. The molecule has 30 heavy (non-hydrogen) atoms. The average molecular weight is 407 g/mol. The first-order valence-corrected chi connectivity index (χ1v) is 10.2. The van der Waals surface area contributed by atoms with Gasteiger partial charge in [-0.1, -0.05) is 24.3 Å². The monoisotopic (exact) mass is 407 g/mol. The van der Waals surface area contributed by atoms with Crippen LogP contribution in [0, 0.1) is 0 Å². The molecule has 0 saturated carbocycles. The maximum atomic E-state index is 13.2. The summed E-state index contributed by atoms with van der Waals surface area (Å²) in [5.74, 6) is 0.239. The topological polar surface area (TPSA) is 79.0 Å². The van der Waals surface area contributed by atoms with E-state index in [-0.39, 0.29) is 30.7 Å². The zero-order valence-electron chi connectivity index (χ0n) is 17.2. The summed E-state index contributed by atoms with van der Waals surface area (Å²) in [5.41, 5.74) is 0.987. The van der Waals surface area contributed by atoms with Gasteiger partial charge in [0.15, 0.2) is 0 Å². The van der Waals surface area contributed by atoms with E-state index < -0.39 is 5.66 Å². The Kier molecular flexibility index (Phi) is 5.20. The number of nitrogens with zero attached hydrogens (tertiary/aromatic N) is 2. The number of amides is 3. The zero-order valence-corrected chi connectivity index (χ0v) is 17.2. The van der Waals surface area contributed by atoms with Crippen molar-refractivity contribution in [2.24, 2.45) is 0 Å². The van der Waals surface area contributed by atoms with Crippen molar-refractivity contribution in [3.05, 3.63) is 54.1 Å². The maximum absolute atomic E-state index is 13.2. The molecule has 0 unspecified atom stereocenters. The van der Waals surface area contributed by atoms with Gasteiger partial charge in [0.2, 0.25) is 11.8 Å². The highest BCUT2D eigenvalue weighted by atomic mass is 16.5. The molecule has 156 valence electrons. The molecule has 2 aliphatic rings. The molecular weight excluding hydrogens is 382 g/mol. The van der Waals surface area contributed by atoms with Crippen molar-refractivity contribution < 1.29 is 19.1 Å². The highest BCUT2D eigenvalue weighted by molar-refractivity contribution is 6.10. The molecule has 0 bridgehead atoms. The number of anilines is 2. The van der Waals surface area contributed by atoms with Gasteiger partial charge in [-0.05, 0) is 44.5 Å². The maximum Gasteiger partial charge on any atom is 0.257 e. The van der Waals surface area contributed by atoms with Crippen LogP contribution in [-0.4, -0.2) is 41.4 Å². The molecule has 2 aromatic rings. The van der Waals surface area contributed by atoms with Gasteiger partial charge in [-0.3, -0.25) is 19.3 Å². The molecule has 0 radical (unpaired) electrons. The van der Waals surface area contributed by atoms with Gasteiger partial charge in [-0.15, -0.1) is 0 Å². The van der Waals surface area contributed by atoms with E-state index in [1.165, 1.54) is 0 Å². The summed E-state index contributed by atoms with van der Waals surface area (Å²) >= 11 is 0. The summed E-state index contributed by atoms with van der Waals surface area (Å²) in [6.45, 7) is 4.49. The Bertz CT molecular complexity index is 1010. The fraction of sp³-hybridized carbons (Fsp3) is 0.348. The van der Waals surface area contributed by atoms with Gasteiger partial charge < -0.3 is 15.0 Å². The van der Waals surface area contributed by atoms with Crippen LogP contribution in [0.15, 0.2) is 48.5 Å². The van der Waals surface area contributed by atoms with Crippen molar-refractivity contribution >= 4 is 29.1 Å². The van der Waals surface area contributed by atoms with Crippen molar-refractivity contribution in [3.8, 4) is 5.75 Å². The summed E-state index contributed by atoms with van der Waals surface area (Å²) in [4.78, 5) is 41.8. The Hall–Kier alpha value is -3.35. The lowest BCUT2D eigenvalue weighted by atomic mass is 9.98. The zero-order chi connectivity index (χ0) is 21.3. The highest BCUT2D eigenvalue weighted by Crippen LogP contribution is 2.44. The van der Waals surface area contributed by atoms with Gasteiger partial charge in [-0.2, -0.15) is 0 Å². The van der Waals surface area contributed by atoms with Crippen LogP contribution in [0.5, 0.6) is 5.75 Å². The van der Waals surface area contributed by atoms with Gasteiger partial charge in [0.05, 0.1) is 23.5 Å². The number of rotatable bonds is 6. The summed E-state index contributed by atoms with van der Waals surface area (Å²) in [6.07, 6.45) is 1.04. The lowest BCUT2D eigenvalue weighted by Crippen LogP contribution is -2.62. The van der Waals surface area contributed by atoms with E-state index in [0.717, 1.165) is 0 Å². The van der Waals surface area contributed by atoms with Gasteiger partial charge in [0.25, 0.3) is 5.91 Å². The van der Waals surface area contributed by atoms with E-state index in [2.05, 4.69) is 5.32 Å². The minimum atomic E-state index is -0.758. The van der Waals surface area contributed by atoms with Crippen LogP contribution in [-0.2, 0) is 9.59 Å². The van der Waals surface area contributed by atoms with Gasteiger partial charge in [0.1, 0.15) is 11.4 Å². The molecule has 7 heteroatoms. The van der Waals surface area contributed by atoms with Crippen LogP contribution in [0.4, 0.5) is 11.4 Å². The Labute approximate surface area is 175 Å². The van der Waals surface area contributed by atoms with Gasteiger partial charge in [0, 0.05) is 19.4 Å². The summed E-state index contributed by atoms with van der Waals surface area (Å²) in [5, 5.41) is 2.87. The molecular formula is C23H25N3O4. The summed E-state index contributed by atoms with van der Waals surface area (Å²) in [7, 11) is 0. The normalized spacial score (nSPS) is 20.1. The van der Waals surface area contributed by atoms with Crippen molar-refractivity contribution in [1.82, 2.24) is 4.90 Å². The first-order chi connectivity index (χ1) is 14.5. The molecule has 3 amide bonds. The fourth-order valence-corrected chi connectivity index (χ4v) is 4.32. The minimum Gasteiger partial charge on any atom is -0.492 e. The predicted molar refractivity (Wildman–Crippen MR) is 113 cm³/mol. The van der Waals surface area contributed by atoms with E-state index in [0.29, 0.717) is 42.1 Å².